The third kappa shape index (κ3) is 5.61. The molecule has 0 aliphatic carbocycles. The number of carbonyl (C=O) groups is 1. The van der Waals surface area contributed by atoms with Gasteiger partial charge in [0.2, 0.25) is 5.95 Å². The van der Waals surface area contributed by atoms with Crippen molar-refractivity contribution in [3.05, 3.63) is 41.7 Å². The van der Waals surface area contributed by atoms with Gasteiger partial charge in [0.25, 0.3) is 5.91 Å². The maximum atomic E-state index is 12.2. The highest BCUT2D eigenvalue weighted by atomic mass is 16.5. The predicted molar refractivity (Wildman–Crippen MR) is 101 cm³/mol. The van der Waals surface area contributed by atoms with Crippen molar-refractivity contribution in [3.63, 3.8) is 0 Å². The quantitative estimate of drug-likeness (QED) is 0.635. The lowest BCUT2D eigenvalue weighted by molar-refractivity contribution is 0.0953. The molecule has 0 aliphatic rings. The van der Waals surface area contributed by atoms with Gasteiger partial charge in [-0.15, -0.1) is 0 Å². The van der Waals surface area contributed by atoms with Crippen LogP contribution in [-0.2, 0) is 6.42 Å². The number of unbranched alkanes of at least 4 members (excludes halogenated alkanes) is 1. The Morgan fingerprint density at radius 3 is 2.46 bits per heavy atom. The first-order valence-corrected chi connectivity index (χ1v) is 8.73. The first kappa shape index (κ1) is 19.5. The highest BCUT2D eigenvalue weighted by Gasteiger charge is 2.08. The molecule has 0 unspecified atom stereocenters. The van der Waals surface area contributed by atoms with Gasteiger partial charge in [-0.05, 0) is 30.5 Å². The molecule has 2 rings (SSSR count). The second kappa shape index (κ2) is 10.2. The summed E-state index contributed by atoms with van der Waals surface area (Å²) in [5.74, 6) is 1.71. The Kier molecular flexibility index (Phi) is 7.67. The molecule has 1 aromatic heterocycles. The van der Waals surface area contributed by atoms with Crippen molar-refractivity contribution in [1.82, 2.24) is 15.3 Å². The average molecular weight is 358 g/mol. The lowest BCUT2D eigenvalue weighted by Gasteiger charge is -2.10. The van der Waals surface area contributed by atoms with Crippen LogP contribution in [0.3, 0.4) is 0 Å². The van der Waals surface area contributed by atoms with Crippen molar-refractivity contribution in [2.45, 2.75) is 26.2 Å². The van der Waals surface area contributed by atoms with Gasteiger partial charge in [-0.3, -0.25) is 4.79 Å². The fourth-order valence-electron chi connectivity index (χ4n) is 2.37. The Labute approximate surface area is 154 Å². The molecule has 0 atom stereocenters. The Morgan fingerprint density at radius 1 is 1.08 bits per heavy atom. The van der Waals surface area contributed by atoms with Gasteiger partial charge in [0, 0.05) is 25.5 Å². The maximum Gasteiger partial charge on any atom is 0.254 e. The van der Waals surface area contributed by atoms with E-state index < -0.39 is 0 Å². The van der Waals surface area contributed by atoms with E-state index in [0.717, 1.165) is 24.9 Å². The summed E-state index contributed by atoms with van der Waals surface area (Å²) in [4.78, 5) is 20.5. The molecule has 1 amide bonds. The van der Waals surface area contributed by atoms with Crippen LogP contribution in [0.25, 0.3) is 0 Å². The zero-order valence-corrected chi connectivity index (χ0v) is 15.5. The van der Waals surface area contributed by atoms with E-state index in [1.54, 1.807) is 14.2 Å². The van der Waals surface area contributed by atoms with E-state index >= 15 is 0 Å². The van der Waals surface area contributed by atoms with Gasteiger partial charge in [-0.1, -0.05) is 19.4 Å². The summed E-state index contributed by atoms with van der Waals surface area (Å²) in [5.41, 5.74) is 1.49. The van der Waals surface area contributed by atoms with Crippen molar-refractivity contribution in [1.29, 1.82) is 0 Å². The topological polar surface area (TPSA) is 85.4 Å². The van der Waals surface area contributed by atoms with Crippen LogP contribution in [0, 0.1) is 0 Å². The van der Waals surface area contributed by atoms with Crippen molar-refractivity contribution in [3.8, 4) is 11.5 Å². The van der Waals surface area contributed by atoms with Crippen LogP contribution in [0.15, 0.2) is 30.6 Å². The summed E-state index contributed by atoms with van der Waals surface area (Å²) in [6.07, 6.45) is 5.92. The number of hydrogen-bond donors (Lipinski definition) is 2. The monoisotopic (exact) mass is 358 g/mol. The molecule has 0 aliphatic heterocycles. The van der Waals surface area contributed by atoms with Gasteiger partial charge in [0.05, 0.1) is 19.8 Å². The molecule has 0 fully saturated rings. The van der Waals surface area contributed by atoms with Crippen LogP contribution in [-0.4, -0.2) is 43.2 Å². The number of nitrogens with zero attached hydrogens (tertiary/aromatic N) is 2. The van der Waals surface area contributed by atoms with Crippen LogP contribution in [0.2, 0.25) is 0 Å². The fourth-order valence-corrected chi connectivity index (χ4v) is 2.37. The number of benzene rings is 1. The molecule has 1 aromatic carbocycles. The number of amides is 1. The Balaban J connectivity index is 1.83. The molecule has 0 spiro atoms. The standard InChI is InChI=1S/C19H26N4O3/c1-4-5-9-21-19-22-12-15(13-23-19)18(24)20-10-8-14-6-7-16(25-2)17(11-14)26-3/h6-7,11-13H,4-5,8-10H2,1-3H3,(H,20,24)(H,21,22,23). The highest BCUT2D eigenvalue weighted by Crippen LogP contribution is 2.27. The number of methoxy groups -OCH3 is 2. The molecular formula is C19H26N4O3. The van der Waals surface area contributed by atoms with E-state index in [4.69, 9.17) is 9.47 Å². The third-order valence-electron chi connectivity index (χ3n) is 3.87. The number of nitrogens with one attached hydrogen (secondary N) is 2. The van der Waals surface area contributed by atoms with Crippen LogP contribution in [0.4, 0.5) is 5.95 Å². The number of anilines is 1. The van der Waals surface area contributed by atoms with E-state index in [9.17, 15) is 4.79 Å². The molecule has 7 nitrogen and oxygen atoms in total. The van der Waals surface area contributed by atoms with E-state index in [0.29, 0.717) is 36.0 Å². The number of aromatic nitrogens is 2. The minimum atomic E-state index is -0.189. The minimum Gasteiger partial charge on any atom is -0.493 e. The summed E-state index contributed by atoms with van der Waals surface area (Å²) in [6.45, 7) is 3.45. The normalized spacial score (nSPS) is 10.3. The number of rotatable bonds is 10. The Bertz CT molecular complexity index is 704. The summed E-state index contributed by atoms with van der Waals surface area (Å²) in [5, 5.41) is 5.99. The molecule has 0 bridgehead atoms. The van der Waals surface area contributed by atoms with Gasteiger partial charge in [-0.2, -0.15) is 0 Å². The van der Waals surface area contributed by atoms with Gasteiger partial charge in [-0.25, -0.2) is 9.97 Å². The molecule has 2 N–H and O–H groups in total. The van der Waals surface area contributed by atoms with Crippen molar-refractivity contribution < 1.29 is 14.3 Å². The average Bonchev–Trinajstić information content (AvgIpc) is 2.68. The lowest BCUT2D eigenvalue weighted by Crippen LogP contribution is -2.26. The van der Waals surface area contributed by atoms with Gasteiger partial charge >= 0.3 is 0 Å². The first-order valence-electron chi connectivity index (χ1n) is 8.73. The van der Waals surface area contributed by atoms with Crippen molar-refractivity contribution in [2.24, 2.45) is 0 Å². The number of ether oxygens (including phenoxy) is 2. The van der Waals surface area contributed by atoms with Gasteiger partial charge in [0.1, 0.15) is 0 Å². The number of hydrogen-bond acceptors (Lipinski definition) is 6. The van der Waals surface area contributed by atoms with Crippen LogP contribution in [0.5, 0.6) is 11.5 Å². The second-order valence-electron chi connectivity index (χ2n) is 5.77. The summed E-state index contributed by atoms with van der Waals surface area (Å²) >= 11 is 0. The molecule has 7 heteroatoms. The molecule has 2 aromatic rings. The third-order valence-corrected chi connectivity index (χ3v) is 3.87. The number of carbonyl (C=O) groups excluding carboxylic acids is 1. The zero-order valence-electron chi connectivity index (χ0n) is 15.5. The highest BCUT2D eigenvalue weighted by molar-refractivity contribution is 5.93. The minimum absolute atomic E-state index is 0.189. The molecule has 0 radical (unpaired) electrons. The van der Waals surface area contributed by atoms with Gasteiger partial charge in [0.15, 0.2) is 11.5 Å². The molecule has 0 saturated carbocycles. The Hall–Kier alpha value is -2.83. The second-order valence-corrected chi connectivity index (χ2v) is 5.77. The van der Waals surface area contributed by atoms with Gasteiger partial charge < -0.3 is 20.1 Å². The first-order chi connectivity index (χ1) is 12.7. The molecule has 140 valence electrons. The summed E-state index contributed by atoms with van der Waals surface area (Å²) < 4.78 is 10.5. The lowest BCUT2D eigenvalue weighted by atomic mass is 10.1. The van der Waals surface area contributed by atoms with E-state index in [2.05, 4.69) is 27.5 Å². The zero-order chi connectivity index (χ0) is 18.8. The maximum absolute atomic E-state index is 12.2. The molecule has 1 heterocycles. The Morgan fingerprint density at radius 2 is 1.81 bits per heavy atom. The van der Waals surface area contributed by atoms with Crippen molar-refractivity contribution in [2.75, 3.05) is 32.6 Å². The van der Waals surface area contributed by atoms with E-state index in [-0.39, 0.29) is 5.91 Å². The molecule has 0 saturated heterocycles. The van der Waals surface area contributed by atoms with Crippen LogP contribution >= 0.6 is 0 Å². The van der Waals surface area contributed by atoms with E-state index in [1.165, 1.54) is 12.4 Å². The summed E-state index contributed by atoms with van der Waals surface area (Å²) in [6, 6.07) is 5.71. The van der Waals surface area contributed by atoms with Crippen LogP contribution in [0.1, 0.15) is 35.7 Å². The fraction of sp³-hybridized carbons (Fsp3) is 0.421. The molecular weight excluding hydrogens is 332 g/mol. The summed E-state index contributed by atoms with van der Waals surface area (Å²) in [7, 11) is 3.20. The smallest absolute Gasteiger partial charge is 0.254 e. The van der Waals surface area contributed by atoms with Crippen molar-refractivity contribution >= 4 is 11.9 Å². The molecule has 26 heavy (non-hydrogen) atoms. The van der Waals surface area contributed by atoms with E-state index in [1.807, 2.05) is 18.2 Å². The largest absolute Gasteiger partial charge is 0.493 e. The SMILES string of the molecule is CCCCNc1ncc(C(=O)NCCc2ccc(OC)c(OC)c2)cn1. The van der Waals surface area contributed by atoms with Crippen LogP contribution < -0.4 is 20.1 Å². The predicted octanol–water partition coefficient (Wildman–Crippen LogP) is 2.68.